The van der Waals surface area contributed by atoms with Crippen molar-refractivity contribution in [2.45, 2.75) is 6.42 Å². The van der Waals surface area contributed by atoms with Crippen molar-refractivity contribution in [3.63, 3.8) is 0 Å². The molecule has 0 bridgehead atoms. The third-order valence-electron chi connectivity index (χ3n) is 2.62. The van der Waals surface area contributed by atoms with Gasteiger partial charge in [-0.05, 0) is 35.0 Å². The third-order valence-corrected chi connectivity index (χ3v) is 2.62. The van der Waals surface area contributed by atoms with Crippen LogP contribution in [0.15, 0.2) is 36.4 Å². The van der Waals surface area contributed by atoms with Gasteiger partial charge in [0.05, 0.1) is 6.61 Å². The number of fused-ring (bicyclic) bond motifs is 1. The van der Waals surface area contributed by atoms with Crippen molar-refractivity contribution >= 4 is 10.8 Å². The lowest BCUT2D eigenvalue weighted by atomic mass is 10.1. The Kier molecular flexibility index (Phi) is 4.79. The number of rotatable bonds is 4. The summed E-state index contributed by atoms with van der Waals surface area (Å²) in [7, 11) is 1.60. The zero-order valence-electron chi connectivity index (χ0n) is 10.8. The van der Waals surface area contributed by atoms with Gasteiger partial charge in [-0.3, -0.25) is 0 Å². The molecule has 19 heavy (non-hydrogen) atoms. The van der Waals surface area contributed by atoms with Gasteiger partial charge >= 0.3 is 0 Å². The van der Waals surface area contributed by atoms with Crippen molar-refractivity contribution in [2.24, 2.45) is 0 Å². The van der Waals surface area contributed by atoms with E-state index in [1.54, 1.807) is 7.11 Å². The smallest absolute Gasteiger partial charge is 0.188 e. The van der Waals surface area contributed by atoms with E-state index in [9.17, 15) is 0 Å². The lowest BCUT2D eigenvalue weighted by Gasteiger charge is -2.06. The molecule has 3 nitrogen and oxygen atoms in total. The van der Waals surface area contributed by atoms with E-state index in [0.717, 1.165) is 22.1 Å². The van der Waals surface area contributed by atoms with Crippen molar-refractivity contribution < 1.29 is 14.6 Å². The van der Waals surface area contributed by atoms with Gasteiger partial charge in [0.2, 0.25) is 0 Å². The molecule has 1 N–H and O–H groups in total. The maximum absolute atomic E-state index is 8.69. The van der Waals surface area contributed by atoms with Crippen LogP contribution in [0.1, 0.15) is 12.0 Å². The van der Waals surface area contributed by atoms with Crippen LogP contribution in [0.3, 0.4) is 0 Å². The Morgan fingerprint density at radius 2 is 1.89 bits per heavy atom. The molecular formula is C16H16O3. The lowest BCUT2D eigenvalue weighted by Crippen LogP contribution is -1.98. The van der Waals surface area contributed by atoms with E-state index in [1.165, 1.54) is 0 Å². The summed E-state index contributed by atoms with van der Waals surface area (Å²) in [5.41, 5.74) is 0.950. The molecular weight excluding hydrogens is 240 g/mol. The molecule has 0 saturated carbocycles. The second-order valence-corrected chi connectivity index (χ2v) is 4.05. The molecule has 2 aromatic rings. The predicted octanol–water partition coefficient (Wildman–Crippen LogP) is 2.56. The molecule has 98 valence electrons. The number of hydrogen-bond acceptors (Lipinski definition) is 3. The summed E-state index contributed by atoms with van der Waals surface area (Å²) in [4.78, 5) is 0. The highest BCUT2D eigenvalue weighted by Gasteiger charge is 1.98. The summed E-state index contributed by atoms with van der Waals surface area (Å²) in [5, 5.41) is 10.9. The molecule has 0 spiro atoms. The van der Waals surface area contributed by atoms with E-state index in [0.29, 0.717) is 6.42 Å². The Hall–Kier alpha value is -2.02. The van der Waals surface area contributed by atoms with E-state index in [4.69, 9.17) is 14.6 Å². The Balaban J connectivity index is 2.23. The summed E-state index contributed by atoms with van der Waals surface area (Å²) < 4.78 is 10.3. The first-order valence-corrected chi connectivity index (χ1v) is 6.09. The quantitative estimate of drug-likeness (QED) is 0.675. The number of aliphatic hydroxyl groups excluding tert-OH is 1. The average molecular weight is 256 g/mol. The molecule has 0 aliphatic rings. The molecule has 0 fully saturated rings. The number of hydrogen-bond donors (Lipinski definition) is 1. The lowest BCUT2D eigenvalue weighted by molar-refractivity contribution is 0.0512. The molecule has 0 aliphatic carbocycles. The Labute approximate surface area is 112 Å². The molecule has 0 unspecified atom stereocenters. The number of ether oxygens (including phenoxy) is 2. The first-order valence-electron chi connectivity index (χ1n) is 6.09. The van der Waals surface area contributed by atoms with Gasteiger partial charge < -0.3 is 14.6 Å². The van der Waals surface area contributed by atoms with Crippen LogP contribution in [0.2, 0.25) is 0 Å². The van der Waals surface area contributed by atoms with Crippen molar-refractivity contribution in [1.29, 1.82) is 0 Å². The van der Waals surface area contributed by atoms with Crippen LogP contribution in [0.25, 0.3) is 10.8 Å². The van der Waals surface area contributed by atoms with Crippen molar-refractivity contribution in [3.8, 4) is 17.6 Å². The van der Waals surface area contributed by atoms with Crippen LogP contribution in [-0.2, 0) is 4.74 Å². The van der Waals surface area contributed by atoms with E-state index < -0.39 is 0 Å². The topological polar surface area (TPSA) is 38.7 Å². The summed E-state index contributed by atoms with van der Waals surface area (Å²) >= 11 is 0. The standard InChI is InChI=1S/C16H16O3/c1-18-12-19-16-8-7-14-10-13(4-2-3-9-17)5-6-15(14)11-16/h5-8,10-11,17H,3,9,12H2,1H3. The third kappa shape index (κ3) is 3.72. The van der Waals surface area contributed by atoms with Crippen molar-refractivity contribution in [3.05, 3.63) is 42.0 Å². The molecule has 2 aromatic carbocycles. The first-order chi connectivity index (χ1) is 9.33. The van der Waals surface area contributed by atoms with Crippen LogP contribution < -0.4 is 4.74 Å². The zero-order valence-corrected chi connectivity index (χ0v) is 10.8. The van der Waals surface area contributed by atoms with Gasteiger partial charge in [-0.15, -0.1) is 0 Å². The molecule has 3 heteroatoms. The fraction of sp³-hybridized carbons (Fsp3) is 0.250. The minimum absolute atomic E-state index is 0.0980. The van der Waals surface area contributed by atoms with E-state index >= 15 is 0 Å². The van der Waals surface area contributed by atoms with Gasteiger partial charge in [0.15, 0.2) is 6.79 Å². The summed E-state index contributed by atoms with van der Waals surface area (Å²) in [5.74, 6) is 6.73. The number of benzene rings is 2. The second kappa shape index (κ2) is 6.79. The summed E-state index contributed by atoms with van der Waals surface area (Å²) in [6, 6.07) is 11.9. The maximum Gasteiger partial charge on any atom is 0.188 e. The predicted molar refractivity (Wildman–Crippen MR) is 75.0 cm³/mol. The van der Waals surface area contributed by atoms with E-state index in [-0.39, 0.29) is 13.4 Å². The van der Waals surface area contributed by atoms with E-state index in [2.05, 4.69) is 11.8 Å². The molecule has 0 saturated heterocycles. The van der Waals surface area contributed by atoms with Crippen LogP contribution in [0, 0.1) is 11.8 Å². The van der Waals surface area contributed by atoms with Gasteiger partial charge in [-0.2, -0.15) is 0 Å². The molecule has 0 aliphatic heterocycles. The van der Waals surface area contributed by atoms with Gasteiger partial charge in [0, 0.05) is 19.1 Å². The highest BCUT2D eigenvalue weighted by atomic mass is 16.7. The summed E-state index contributed by atoms with van der Waals surface area (Å²) in [6.07, 6.45) is 0.502. The number of aliphatic hydroxyl groups is 1. The average Bonchev–Trinajstić information content (AvgIpc) is 2.45. The molecule has 0 heterocycles. The fourth-order valence-electron chi connectivity index (χ4n) is 1.74. The highest BCUT2D eigenvalue weighted by Crippen LogP contribution is 2.21. The highest BCUT2D eigenvalue weighted by molar-refractivity contribution is 5.85. The molecule has 0 radical (unpaired) electrons. The van der Waals surface area contributed by atoms with E-state index in [1.807, 2.05) is 36.4 Å². The second-order valence-electron chi connectivity index (χ2n) is 4.05. The van der Waals surface area contributed by atoms with Gasteiger partial charge in [0.25, 0.3) is 0 Å². The summed E-state index contributed by atoms with van der Waals surface area (Å²) in [6.45, 7) is 0.344. The normalized spacial score (nSPS) is 10.0. The maximum atomic E-state index is 8.69. The van der Waals surface area contributed by atoms with Gasteiger partial charge in [0.1, 0.15) is 5.75 Å². The number of methoxy groups -OCH3 is 1. The first kappa shape index (κ1) is 13.4. The molecule has 0 aromatic heterocycles. The minimum atomic E-state index is 0.0980. The van der Waals surface area contributed by atoms with Gasteiger partial charge in [-0.1, -0.05) is 24.0 Å². The van der Waals surface area contributed by atoms with Crippen LogP contribution in [0.5, 0.6) is 5.75 Å². The van der Waals surface area contributed by atoms with Gasteiger partial charge in [-0.25, -0.2) is 0 Å². The Morgan fingerprint density at radius 3 is 2.68 bits per heavy atom. The molecule has 0 amide bonds. The van der Waals surface area contributed by atoms with Crippen LogP contribution >= 0.6 is 0 Å². The largest absolute Gasteiger partial charge is 0.468 e. The molecule has 0 atom stereocenters. The van der Waals surface area contributed by atoms with Crippen molar-refractivity contribution in [1.82, 2.24) is 0 Å². The van der Waals surface area contributed by atoms with Crippen LogP contribution in [-0.4, -0.2) is 25.6 Å². The monoisotopic (exact) mass is 256 g/mol. The molecule has 2 rings (SSSR count). The van der Waals surface area contributed by atoms with Crippen LogP contribution in [0.4, 0.5) is 0 Å². The fourth-order valence-corrected chi connectivity index (χ4v) is 1.74. The minimum Gasteiger partial charge on any atom is -0.468 e. The zero-order chi connectivity index (χ0) is 13.5. The Bertz CT molecular complexity index is 608. The van der Waals surface area contributed by atoms with Crippen molar-refractivity contribution in [2.75, 3.05) is 20.5 Å². The SMILES string of the molecule is COCOc1ccc2cc(C#CCCO)ccc2c1. The Morgan fingerprint density at radius 1 is 1.11 bits per heavy atom.